The average Bonchev–Trinajstić information content (AvgIpc) is 2.15. The molecule has 2 unspecified atom stereocenters. The molecule has 4 N–H and O–H groups in total. The third-order valence-corrected chi connectivity index (χ3v) is 2.35. The highest BCUT2D eigenvalue weighted by Gasteiger charge is 2.23. The van der Waals surface area contributed by atoms with Crippen LogP contribution >= 0.6 is 11.6 Å². The zero-order chi connectivity index (χ0) is 12.3. The van der Waals surface area contributed by atoms with Crippen LogP contribution in [-0.2, 0) is 4.79 Å². The molecule has 1 amide bonds. The SMILES string of the molecule is Cc1cc(Cl)cnc1C(O)C(O)CC(N)=O. The lowest BCUT2D eigenvalue weighted by molar-refractivity contribution is -0.121. The van der Waals surface area contributed by atoms with Crippen molar-refractivity contribution in [3.8, 4) is 0 Å². The Labute approximate surface area is 97.9 Å². The largest absolute Gasteiger partial charge is 0.389 e. The highest BCUT2D eigenvalue weighted by atomic mass is 35.5. The minimum absolute atomic E-state index is 0.290. The molecule has 6 heteroatoms. The molecule has 2 atom stereocenters. The molecule has 0 saturated carbocycles. The number of nitrogens with two attached hydrogens (primary N) is 1. The number of aliphatic hydroxyl groups is 2. The van der Waals surface area contributed by atoms with Gasteiger partial charge in [-0.1, -0.05) is 11.6 Å². The van der Waals surface area contributed by atoms with Gasteiger partial charge in [0.25, 0.3) is 0 Å². The maximum absolute atomic E-state index is 10.6. The number of amides is 1. The lowest BCUT2D eigenvalue weighted by Crippen LogP contribution is -2.26. The van der Waals surface area contributed by atoms with Gasteiger partial charge >= 0.3 is 0 Å². The molecule has 0 saturated heterocycles. The van der Waals surface area contributed by atoms with E-state index < -0.39 is 18.1 Å². The van der Waals surface area contributed by atoms with Gasteiger partial charge in [0.15, 0.2) is 0 Å². The molecule has 0 aliphatic heterocycles. The second-order valence-electron chi connectivity index (χ2n) is 3.54. The Morgan fingerprint density at radius 3 is 2.75 bits per heavy atom. The molecule has 0 spiro atoms. The molecule has 88 valence electrons. The molecule has 0 aromatic carbocycles. The molecule has 1 aromatic heterocycles. The van der Waals surface area contributed by atoms with Gasteiger partial charge < -0.3 is 15.9 Å². The Morgan fingerprint density at radius 2 is 2.25 bits per heavy atom. The van der Waals surface area contributed by atoms with E-state index in [1.54, 1.807) is 13.0 Å². The molecule has 5 nitrogen and oxygen atoms in total. The number of pyridine rings is 1. The van der Waals surface area contributed by atoms with Crippen molar-refractivity contribution in [1.29, 1.82) is 0 Å². The summed E-state index contributed by atoms with van der Waals surface area (Å²) in [7, 11) is 0. The minimum Gasteiger partial charge on any atom is -0.389 e. The summed E-state index contributed by atoms with van der Waals surface area (Å²) in [6, 6.07) is 1.62. The van der Waals surface area contributed by atoms with Gasteiger partial charge in [-0.05, 0) is 18.6 Å². The number of rotatable bonds is 4. The van der Waals surface area contributed by atoms with Gasteiger partial charge in [-0.2, -0.15) is 0 Å². The number of aliphatic hydroxyl groups excluding tert-OH is 2. The second kappa shape index (κ2) is 5.25. The van der Waals surface area contributed by atoms with Crippen LogP contribution in [0.25, 0.3) is 0 Å². The summed E-state index contributed by atoms with van der Waals surface area (Å²) in [6.45, 7) is 1.70. The number of aromatic nitrogens is 1. The average molecular weight is 245 g/mol. The maximum Gasteiger partial charge on any atom is 0.220 e. The smallest absolute Gasteiger partial charge is 0.220 e. The normalized spacial score (nSPS) is 14.5. The van der Waals surface area contributed by atoms with Gasteiger partial charge in [-0.3, -0.25) is 9.78 Å². The van der Waals surface area contributed by atoms with Crippen LogP contribution in [0.3, 0.4) is 0 Å². The molecule has 0 bridgehead atoms. The van der Waals surface area contributed by atoms with E-state index in [-0.39, 0.29) is 12.1 Å². The maximum atomic E-state index is 10.6. The third kappa shape index (κ3) is 3.16. The predicted octanol–water partition coefficient (Wildman–Crippen LogP) is 0.313. The van der Waals surface area contributed by atoms with E-state index in [0.29, 0.717) is 10.6 Å². The molecule has 1 heterocycles. The van der Waals surface area contributed by atoms with Gasteiger partial charge in [-0.25, -0.2) is 0 Å². The lowest BCUT2D eigenvalue weighted by atomic mass is 10.0. The van der Waals surface area contributed by atoms with Crippen LogP contribution in [0.4, 0.5) is 0 Å². The fourth-order valence-corrected chi connectivity index (χ4v) is 1.57. The van der Waals surface area contributed by atoms with Crippen molar-refractivity contribution in [2.45, 2.75) is 25.6 Å². The first-order valence-corrected chi connectivity index (χ1v) is 5.06. The number of hydrogen-bond donors (Lipinski definition) is 3. The number of halogens is 1. The molecule has 1 rings (SSSR count). The van der Waals surface area contributed by atoms with Crippen molar-refractivity contribution >= 4 is 17.5 Å². The number of carbonyl (C=O) groups excluding carboxylic acids is 1. The number of aryl methyl sites for hydroxylation is 1. The van der Waals surface area contributed by atoms with Crippen LogP contribution < -0.4 is 5.73 Å². The second-order valence-corrected chi connectivity index (χ2v) is 3.97. The van der Waals surface area contributed by atoms with Crippen molar-refractivity contribution in [3.05, 3.63) is 28.5 Å². The van der Waals surface area contributed by atoms with Gasteiger partial charge in [0, 0.05) is 6.20 Å². The fraction of sp³-hybridized carbons (Fsp3) is 0.400. The van der Waals surface area contributed by atoms with Crippen molar-refractivity contribution in [2.75, 3.05) is 0 Å². The summed E-state index contributed by atoms with van der Waals surface area (Å²) < 4.78 is 0. The molecule has 16 heavy (non-hydrogen) atoms. The number of nitrogens with zero attached hydrogens (tertiary/aromatic N) is 1. The quantitative estimate of drug-likeness (QED) is 0.710. The molecular formula is C10H13ClN2O3. The first-order chi connectivity index (χ1) is 7.41. The van der Waals surface area contributed by atoms with Gasteiger partial charge in [-0.15, -0.1) is 0 Å². The summed E-state index contributed by atoms with van der Waals surface area (Å²) in [4.78, 5) is 14.5. The zero-order valence-corrected chi connectivity index (χ0v) is 9.48. The standard InChI is InChI=1S/C10H13ClN2O3/c1-5-2-6(11)4-13-9(5)10(16)7(14)3-8(12)15/h2,4,7,10,14,16H,3H2,1H3,(H2,12,15). The Morgan fingerprint density at radius 1 is 1.62 bits per heavy atom. The highest BCUT2D eigenvalue weighted by molar-refractivity contribution is 6.30. The summed E-state index contributed by atoms with van der Waals surface area (Å²) >= 11 is 5.70. The van der Waals surface area contributed by atoms with E-state index >= 15 is 0 Å². The topological polar surface area (TPSA) is 96.4 Å². The molecule has 0 aliphatic carbocycles. The van der Waals surface area contributed by atoms with Crippen molar-refractivity contribution in [1.82, 2.24) is 4.98 Å². The number of hydrogen-bond acceptors (Lipinski definition) is 4. The summed E-state index contributed by atoms with van der Waals surface area (Å²) in [5, 5.41) is 19.7. The van der Waals surface area contributed by atoms with Crippen molar-refractivity contribution < 1.29 is 15.0 Å². The summed E-state index contributed by atoms with van der Waals surface area (Å²) in [5.41, 5.74) is 5.85. The molecular weight excluding hydrogens is 232 g/mol. The fourth-order valence-electron chi connectivity index (χ4n) is 1.36. The summed E-state index contributed by atoms with van der Waals surface area (Å²) in [5.74, 6) is -0.682. The minimum atomic E-state index is -1.26. The van der Waals surface area contributed by atoms with E-state index in [9.17, 15) is 15.0 Å². The van der Waals surface area contributed by atoms with Crippen LogP contribution in [0.5, 0.6) is 0 Å². The molecule has 1 aromatic rings. The van der Waals surface area contributed by atoms with Crippen LogP contribution in [-0.4, -0.2) is 27.2 Å². The first-order valence-electron chi connectivity index (χ1n) is 4.68. The van der Waals surface area contributed by atoms with E-state index in [1.807, 2.05) is 0 Å². The first kappa shape index (κ1) is 12.9. The predicted molar refractivity (Wildman–Crippen MR) is 58.8 cm³/mol. The van der Waals surface area contributed by atoms with Crippen LogP contribution in [0.15, 0.2) is 12.3 Å². The molecule has 0 fully saturated rings. The van der Waals surface area contributed by atoms with Gasteiger partial charge in [0.2, 0.25) is 5.91 Å². The third-order valence-electron chi connectivity index (χ3n) is 2.14. The van der Waals surface area contributed by atoms with Crippen LogP contribution in [0.2, 0.25) is 5.02 Å². The van der Waals surface area contributed by atoms with E-state index in [2.05, 4.69) is 4.98 Å². The van der Waals surface area contributed by atoms with E-state index in [4.69, 9.17) is 17.3 Å². The highest BCUT2D eigenvalue weighted by Crippen LogP contribution is 2.22. The Bertz CT molecular complexity index is 398. The van der Waals surface area contributed by atoms with E-state index in [0.717, 1.165) is 0 Å². The van der Waals surface area contributed by atoms with Gasteiger partial charge in [0.05, 0.1) is 23.2 Å². The number of primary amides is 1. The monoisotopic (exact) mass is 244 g/mol. The van der Waals surface area contributed by atoms with Crippen LogP contribution in [0, 0.1) is 6.92 Å². The van der Waals surface area contributed by atoms with Crippen LogP contribution in [0.1, 0.15) is 23.8 Å². The molecule has 0 radical (unpaired) electrons. The number of carbonyl (C=O) groups is 1. The Hall–Kier alpha value is -1.17. The Balaban J connectivity index is 2.87. The zero-order valence-electron chi connectivity index (χ0n) is 8.72. The Kier molecular flexibility index (Phi) is 4.23. The molecule has 0 aliphatic rings. The van der Waals surface area contributed by atoms with Crippen molar-refractivity contribution in [2.24, 2.45) is 5.73 Å². The van der Waals surface area contributed by atoms with Gasteiger partial charge in [0.1, 0.15) is 6.10 Å². The summed E-state index contributed by atoms with van der Waals surface area (Å²) in [6.07, 6.45) is -1.45. The lowest BCUT2D eigenvalue weighted by Gasteiger charge is -2.17. The van der Waals surface area contributed by atoms with Crippen molar-refractivity contribution in [3.63, 3.8) is 0 Å². The van der Waals surface area contributed by atoms with E-state index in [1.165, 1.54) is 6.20 Å².